The van der Waals surface area contributed by atoms with Crippen LogP contribution in [0.1, 0.15) is 0 Å². The predicted molar refractivity (Wildman–Crippen MR) is 49.1 cm³/mol. The Balaban J connectivity index is 2.00. The first-order valence-corrected chi connectivity index (χ1v) is 4.21. The smallest absolute Gasteiger partial charge is 0.111 e. The quantitative estimate of drug-likeness (QED) is 0.474. The first-order chi connectivity index (χ1) is 6.31. The number of ether oxygens (including phenoxy) is 1. The van der Waals surface area contributed by atoms with E-state index in [9.17, 15) is 0 Å². The van der Waals surface area contributed by atoms with Gasteiger partial charge in [-0.1, -0.05) is 17.3 Å². The molecule has 0 spiro atoms. The number of likely N-dealkylation sites (N-methyl/N-ethyl adjacent to an activating group) is 1. The molecule has 4 nitrogen and oxygen atoms in total. The number of hydrogen-bond donors (Lipinski definition) is 0. The summed E-state index contributed by atoms with van der Waals surface area (Å²) in [6.45, 7) is 4.54. The fourth-order valence-corrected chi connectivity index (χ4v) is 1.17. The number of hydrogen-bond acceptors (Lipinski definition) is 4. The third-order valence-electron chi connectivity index (χ3n) is 2.03. The van der Waals surface area contributed by atoms with E-state index in [1.807, 2.05) is 19.2 Å². The van der Waals surface area contributed by atoms with Crippen molar-refractivity contribution in [3.05, 3.63) is 24.8 Å². The third-order valence-corrected chi connectivity index (χ3v) is 2.03. The largest absolute Gasteiger partial charge is 0.369 e. The Labute approximate surface area is 77.1 Å². The zero-order valence-electron chi connectivity index (χ0n) is 7.51. The molecule has 70 valence electrons. The van der Waals surface area contributed by atoms with Gasteiger partial charge in [0, 0.05) is 7.05 Å². The zero-order chi connectivity index (χ0) is 9.26. The molecule has 0 amide bonds. The van der Waals surface area contributed by atoms with Gasteiger partial charge in [0.2, 0.25) is 0 Å². The summed E-state index contributed by atoms with van der Waals surface area (Å²) in [6.07, 6.45) is 5.98. The first kappa shape index (κ1) is 8.47. The molecule has 2 unspecified atom stereocenters. The van der Waals surface area contributed by atoms with E-state index in [1.165, 1.54) is 0 Å². The highest BCUT2D eigenvalue weighted by molar-refractivity contribution is 6.00. The minimum Gasteiger partial charge on any atom is -0.369 e. The summed E-state index contributed by atoms with van der Waals surface area (Å²) in [5, 5.41) is 5.55. The molecule has 0 aliphatic carbocycles. The van der Waals surface area contributed by atoms with E-state index in [0.717, 1.165) is 12.3 Å². The van der Waals surface area contributed by atoms with Crippen molar-refractivity contribution in [3.63, 3.8) is 0 Å². The molecule has 4 heteroatoms. The molecule has 0 aromatic heterocycles. The number of nitrogens with zero attached hydrogens (tertiary/aromatic N) is 2. The molecule has 0 saturated carbocycles. The molecule has 1 saturated heterocycles. The Morgan fingerprint density at radius 3 is 3.08 bits per heavy atom. The van der Waals surface area contributed by atoms with Crippen molar-refractivity contribution >= 4 is 5.71 Å². The number of oxime groups is 1. The molecule has 2 heterocycles. The summed E-state index contributed by atoms with van der Waals surface area (Å²) in [7, 11) is 1.82. The summed E-state index contributed by atoms with van der Waals surface area (Å²) in [5.41, 5.74) is 0.869. The Hall–Kier alpha value is -1.13. The van der Waals surface area contributed by atoms with E-state index < -0.39 is 0 Å². The maximum Gasteiger partial charge on any atom is 0.111 e. The van der Waals surface area contributed by atoms with Gasteiger partial charge < -0.3 is 4.74 Å². The van der Waals surface area contributed by atoms with E-state index >= 15 is 0 Å². The summed E-state index contributed by atoms with van der Waals surface area (Å²) in [6, 6.07) is 0.0509. The van der Waals surface area contributed by atoms with Crippen molar-refractivity contribution < 1.29 is 9.68 Å². The van der Waals surface area contributed by atoms with Crippen LogP contribution in [0.3, 0.4) is 0 Å². The zero-order valence-corrected chi connectivity index (χ0v) is 7.51. The van der Waals surface area contributed by atoms with Gasteiger partial charge >= 0.3 is 0 Å². The van der Waals surface area contributed by atoms with Crippen LogP contribution in [-0.2, 0) is 9.68 Å². The summed E-state index contributed by atoms with van der Waals surface area (Å²) >= 11 is 0. The van der Waals surface area contributed by atoms with Gasteiger partial charge in [-0.25, -0.2) is 0 Å². The van der Waals surface area contributed by atoms with Gasteiger partial charge in [-0.15, -0.1) is 11.6 Å². The van der Waals surface area contributed by atoms with E-state index in [4.69, 9.17) is 9.68 Å². The molecule has 0 bridgehead atoms. The van der Waals surface area contributed by atoms with Crippen molar-refractivity contribution in [2.24, 2.45) is 5.16 Å². The molecule has 2 atom stereocenters. The van der Waals surface area contributed by atoms with Gasteiger partial charge in [0.25, 0.3) is 0 Å². The van der Waals surface area contributed by atoms with Crippen LogP contribution in [0.5, 0.6) is 0 Å². The molecule has 1 fully saturated rings. The topological polar surface area (TPSA) is 37.4 Å². The van der Waals surface area contributed by atoms with Crippen LogP contribution in [0.4, 0.5) is 0 Å². The Morgan fingerprint density at radius 1 is 1.69 bits per heavy atom. The maximum atomic E-state index is 5.04. The van der Waals surface area contributed by atoms with E-state index in [0.29, 0.717) is 0 Å². The number of rotatable bonds is 3. The second kappa shape index (κ2) is 3.32. The molecule has 2 aliphatic rings. The van der Waals surface area contributed by atoms with Gasteiger partial charge in [0.15, 0.2) is 0 Å². The van der Waals surface area contributed by atoms with Crippen molar-refractivity contribution in [3.8, 4) is 0 Å². The van der Waals surface area contributed by atoms with Gasteiger partial charge in [-0.3, -0.25) is 4.94 Å². The molecule has 13 heavy (non-hydrogen) atoms. The van der Waals surface area contributed by atoms with Gasteiger partial charge in [-0.05, 0) is 6.08 Å². The van der Waals surface area contributed by atoms with Crippen LogP contribution in [-0.4, -0.2) is 36.6 Å². The van der Waals surface area contributed by atoms with Crippen molar-refractivity contribution in [1.29, 1.82) is 0 Å². The maximum absolute atomic E-state index is 5.04. The Bertz CT molecular complexity index is 269. The standard InChI is InChI=1S/C9H12N2O2/c1-3-9-8(10-13-11(9)2)5-4-7-6-12-7/h3-5,7,9H,1,6H2,2H3/b5-4+. The average Bonchev–Trinajstić information content (AvgIpc) is 2.88. The second-order valence-corrected chi connectivity index (χ2v) is 3.06. The van der Waals surface area contributed by atoms with Gasteiger partial charge in [0.05, 0.1) is 12.7 Å². The van der Waals surface area contributed by atoms with Crippen LogP contribution in [0.2, 0.25) is 0 Å². The molecule has 0 radical (unpaired) electrons. The highest BCUT2D eigenvalue weighted by atomic mass is 16.8. The lowest BCUT2D eigenvalue weighted by atomic mass is 10.1. The lowest BCUT2D eigenvalue weighted by Crippen LogP contribution is -2.28. The third kappa shape index (κ3) is 1.79. The van der Waals surface area contributed by atoms with Crippen molar-refractivity contribution in [2.45, 2.75) is 12.1 Å². The van der Waals surface area contributed by atoms with Crippen molar-refractivity contribution in [1.82, 2.24) is 5.06 Å². The summed E-state index contributed by atoms with van der Waals surface area (Å²) in [5.74, 6) is 0. The van der Waals surface area contributed by atoms with Crippen molar-refractivity contribution in [2.75, 3.05) is 13.7 Å². The monoisotopic (exact) mass is 180 g/mol. The molecule has 2 rings (SSSR count). The van der Waals surface area contributed by atoms with Crippen LogP contribution in [0, 0.1) is 0 Å². The van der Waals surface area contributed by atoms with Gasteiger partial charge in [0.1, 0.15) is 11.8 Å². The van der Waals surface area contributed by atoms with Crippen LogP contribution in [0.15, 0.2) is 30.0 Å². The first-order valence-electron chi connectivity index (χ1n) is 4.21. The minimum atomic E-state index is 0.0509. The lowest BCUT2D eigenvalue weighted by molar-refractivity contribution is -0.123. The fraction of sp³-hybridized carbons (Fsp3) is 0.444. The molecule has 0 N–H and O–H groups in total. The molecule has 0 aromatic rings. The lowest BCUT2D eigenvalue weighted by Gasteiger charge is -2.10. The van der Waals surface area contributed by atoms with E-state index in [2.05, 4.69) is 11.7 Å². The summed E-state index contributed by atoms with van der Waals surface area (Å²) < 4.78 is 5.04. The second-order valence-electron chi connectivity index (χ2n) is 3.06. The SMILES string of the molecule is C=CC1C(/C=C/C2CO2)=NON1C. The Morgan fingerprint density at radius 2 is 2.46 bits per heavy atom. The molecule has 2 aliphatic heterocycles. The minimum absolute atomic E-state index is 0.0509. The number of epoxide rings is 1. The van der Waals surface area contributed by atoms with Crippen LogP contribution >= 0.6 is 0 Å². The van der Waals surface area contributed by atoms with E-state index in [1.54, 1.807) is 11.1 Å². The highest BCUT2D eigenvalue weighted by Gasteiger charge is 2.25. The fourth-order valence-electron chi connectivity index (χ4n) is 1.17. The Kier molecular flexibility index (Phi) is 2.16. The highest BCUT2D eigenvalue weighted by Crippen LogP contribution is 2.14. The molecular weight excluding hydrogens is 168 g/mol. The predicted octanol–water partition coefficient (Wildman–Crippen LogP) is 0.729. The molecular formula is C9H12N2O2. The molecule has 0 aromatic carbocycles. The normalized spacial score (nSPS) is 33.2. The van der Waals surface area contributed by atoms with Crippen LogP contribution < -0.4 is 0 Å². The van der Waals surface area contributed by atoms with Gasteiger partial charge in [-0.2, -0.15) is 0 Å². The van der Waals surface area contributed by atoms with E-state index in [-0.39, 0.29) is 12.1 Å². The average molecular weight is 180 g/mol. The summed E-state index contributed by atoms with van der Waals surface area (Å²) in [4.78, 5) is 4.98. The van der Waals surface area contributed by atoms with Crippen LogP contribution in [0.25, 0.3) is 0 Å². The number of hydroxylamine groups is 2.